The Morgan fingerprint density at radius 1 is 0.420 bits per heavy atom. The van der Waals surface area contributed by atoms with Crippen molar-refractivity contribution in [1.82, 2.24) is 19.5 Å². The van der Waals surface area contributed by atoms with E-state index < -0.39 is 0 Å². The van der Waals surface area contributed by atoms with Gasteiger partial charge in [-0.1, -0.05) is 133 Å². The Balaban J connectivity index is 1.32. The van der Waals surface area contributed by atoms with E-state index in [1.165, 1.54) is 5.39 Å². The maximum Gasteiger partial charge on any atom is 0.238 e. The normalized spacial score (nSPS) is 12.0. The molecule has 8 aromatic carbocycles. The highest BCUT2D eigenvalue weighted by atomic mass is 16.3. The molecule has 11 rings (SSSR count). The largest absolute Gasteiger partial charge is 0.455 e. The van der Waals surface area contributed by atoms with Crippen molar-refractivity contribution in [2.45, 2.75) is 0 Å². The molecule has 5 nitrogen and oxygen atoms in total. The van der Waals surface area contributed by atoms with E-state index in [0.717, 1.165) is 81.8 Å². The monoisotopic (exact) mass is 638 g/mol. The van der Waals surface area contributed by atoms with Crippen LogP contribution in [0.1, 0.15) is 0 Å². The van der Waals surface area contributed by atoms with Crippen molar-refractivity contribution < 1.29 is 4.42 Å². The molecule has 0 aliphatic carbocycles. The van der Waals surface area contributed by atoms with Crippen molar-refractivity contribution in [3.8, 4) is 28.7 Å². The van der Waals surface area contributed by atoms with Crippen LogP contribution in [0.2, 0.25) is 0 Å². The van der Waals surface area contributed by atoms with E-state index in [-0.39, 0.29) is 0 Å². The van der Waals surface area contributed by atoms with Crippen LogP contribution >= 0.6 is 0 Å². The highest BCUT2D eigenvalue weighted by molar-refractivity contribution is 6.30. The van der Waals surface area contributed by atoms with Crippen LogP contribution in [-0.2, 0) is 0 Å². The molecule has 5 heteroatoms. The standard InChI is InChI=1S/C45H26N4O/c1-2-14-29(15-3-1)43-46-44(48-45(47-43)49-36-20-10-8-18-33(36)34-19-9-11-21-37(34)49)35-26-30-23-22-27-12-4-6-16-31(27)39(30)42-41(35)40-32-17-7-5-13-28(32)24-25-38(40)50-42/h1-26H. The van der Waals surface area contributed by atoms with Gasteiger partial charge in [0.05, 0.1) is 11.0 Å². The van der Waals surface area contributed by atoms with Crippen molar-refractivity contribution in [1.29, 1.82) is 0 Å². The van der Waals surface area contributed by atoms with Crippen LogP contribution in [0.3, 0.4) is 0 Å². The molecular weight excluding hydrogens is 613 g/mol. The van der Waals surface area contributed by atoms with Gasteiger partial charge < -0.3 is 4.42 Å². The second-order valence-electron chi connectivity index (χ2n) is 12.8. The van der Waals surface area contributed by atoms with Crippen LogP contribution in [0.15, 0.2) is 162 Å². The second kappa shape index (κ2) is 10.3. The van der Waals surface area contributed by atoms with Crippen molar-refractivity contribution in [2.24, 2.45) is 0 Å². The molecule has 0 bridgehead atoms. The van der Waals surface area contributed by atoms with Gasteiger partial charge in [0.1, 0.15) is 11.2 Å². The van der Waals surface area contributed by atoms with Crippen molar-refractivity contribution in [3.63, 3.8) is 0 Å². The van der Waals surface area contributed by atoms with Gasteiger partial charge in [-0.25, -0.2) is 4.98 Å². The summed E-state index contributed by atoms with van der Waals surface area (Å²) in [6.07, 6.45) is 0. The minimum atomic E-state index is 0.565. The smallest absolute Gasteiger partial charge is 0.238 e. The summed E-state index contributed by atoms with van der Waals surface area (Å²) in [4.78, 5) is 15.8. The Kier molecular flexibility index (Phi) is 5.60. The predicted octanol–water partition coefficient (Wildman–Crippen LogP) is 11.7. The molecule has 50 heavy (non-hydrogen) atoms. The highest BCUT2D eigenvalue weighted by Gasteiger charge is 2.23. The van der Waals surface area contributed by atoms with E-state index in [9.17, 15) is 0 Å². The summed E-state index contributed by atoms with van der Waals surface area (Å²) in [6, 6.07) is 54.9. The molecule has 3 heterocycles. The maximum atomic E-state index is 6.90. The fraction of sp³-hybridized carbons (Fsp3) is 0. The first-order valence-electron chi connectivity index (χ1n) is 16.8. The Bertz CT molecular complexity index is 3100. The van der Waals surface area contributed by atoms with Gasteiger partial charge in [0, 0.05) is 38.1 Å². The molecule has 0 saturated carbocycles. The van der Waals surface area contributed by atoms with Crippen LogP contribution in [0.5, 0.6) is 0 Å². The number of aromatic nitrogens is 4. The Morgan fingerprint density at radius 3 is 1.70 bits per heavy atom. The van der Waals surface area contributed by atoms with E-state index in [0.29, 0.717) is 17.6 Å². The van der Waals surface area contributed by atoms with Crippen molar-refractivity contribution >= 4 is 76.1 Å². The minimum absolute atomic E-state index is 0.565. The number of fused-ring (bicyclic) bond motifs is 12. The van der Waals surface area contributed by atoms with E-state index in [4.69, 9.17) is 19.4 Å². The summed E-state index contributed by atoms with van der Waals surface area (Å²) >= 11 is 0. The SMILES string of the molecule is c1ccc(-c2nc(-c3cc4ccc5ccccc5c4c4oc5ccc6ccccc6c5c34)nc(-n3c4ccccc4c4ccccc43)n2)cc1. The number of hydrogen-bond acceptors (Lipinski definition) is 4. The van der Waals surface area contributed by atoms with Gasteiger partial charge in [-0.3, -0.25) is 4.57 Å². The minimum Gasteiger partial charge on any atom is -0.455 e. The zero-order valence-electron chi connectivity index (χ0n) is 26.7. The molecular formula is C45H26N4O. The summed E-state index contributed by atoms with van der Waals surface area (Å²) in [5.41, 5.74) is 5.57. The molecule has 0 N–H and O–H groups in total. The van der Waals surface area contributed by atoms with Crippen molar-refractivity contribution in [2.75, 3.05) is 0 Å². The van der Waals surface area contributed by atoms with Crippen LogP contribution < -0.4 is 0 Å². The third-order valence-corrected chi connectivity index (χ3v) is 10.0. The second-order valence-corrected chi connectivity index (χ2v) is 12.8. The van der Waals surface area contributed by atoms with Crippen LogP contribution in [0.25, 0.3) is 105 Å². The molecule has 0 atom stereocenters. The number of rotatable bonds is 3. The average molecular weight is 639 g/mol. The van der Waals surface area contributed by atoms with Crippen LogP contribution in [0, 0.1) is 0 Å². The topological polar surface area (TPSA) is 56.7 Å². The number of hydrogen-bond donors (Lipinski definition) is 0. The van der Waals surface area contributed by atoms with Gasteiger partial charge in [-0.15, -0.1) is 0 Å². The zero-order valence-corrected chi connectivity index (χ0v) is 26.7. The number of nitrogens with zero attached hydrogens (tertiary/aromatic N) is 4. The molecule has 0 saturated heterocycles. The third-order valence-electron chi connectivity index (χ3n) is 10.0. The van der Waals surface area contributed by atoms with E-state index in [1.807, 2.05) is 18.2 Å². The number of para-hydroxylation sites is 2. The van der Waals surface area contributed by atoms with E-state index in [2.05, 4.69) is 144 Å². The quantitative estimate of drug-likeness (QED) is 0.181. The lowest BCUT2D eigenvalue weighted by Crippen LogP contribution is -2.06. The van der Waals surface area contributed by atoms with E-state index >= 15 is 0 Å². The molecule has 0 aliphatic rings. The number of furan rings is 1. The molecule has 232 valence electrons. The third kappa shape index (κ3) is 3.86. The fourth-order valence-corrected chi connectivity index (χ4v) is 7.81. The summed E-state index contributed by atoms with van der Waals surface area (Å²) in [5.74, 6) is 1.76. The first kappa shape index (κ1) is 27.1. The Labute approximate surface area is 285 Å². The van der Waals surface area contributed by atoms with Gasteiger partial charge in [-0.05, 0) is 51.2 Å². The van der Waals surface area contributed by atoms with Crippen LogP contribution in [0.4, 0.5) is 0 Å². The van der Waals surface area contributed by atoms with E-state index in [1.54, 1.807) is 0 Å². The van der Waals surface area contributed by atoms with Gasteiger partial charge >= 0.3 is 0 Å². The molecule has 3 aromatic heterocycles. The first-order chi connectivity index (χ1) is 24.8. The Morgan fingerprint density at radius 2 is 0.980 bits per heavy atom. The lowest BCUT2D eigenvalue weighted by molar-refractivity contribution is 0.673. The van der Waals surface area contributed by atoms with Gasteiger partial charge in [0.25, 0.3) is 0 Å². The maximum absolute atomic E-state index is 6.90. The van der Waals surface area contributed by atoms with Gasteiger partial charge in [0.2, 0.25) is 5.95 Å². The molecule has 0 spiro atoms. The zero-order chi connectivity index (χ0) is 32.8. The first-order valence-corrected chi connectivity index (χ1v) is 16.8. The molecule has 11 aromatic rings. The molecule has 0 unspecified atom stereocenters. The van der Waals surface area contributed by atoms with Crippen molar-refractivity contribution in [3.05, 3.63) is 158 Å². The summed E-state index contributed by atoms with van der Waals surface area (Å²) in [5, 5.41) is 11.1. The summed E-state index contributed by atoms with van der Waals surface area (Å²) in [7, 11) is 0. The van der Waals surface area contributed by atoms with Gasteiger partial charge in [0.15, 0.2) is 11.6 Å². The lowest BCUT2D eigenvalue weighted by Gasteiger charge is -2.13. The Hall–Kier alpha value is -6.85. The lowest BCUT2D eigenvalue weighted by atomic mass is 9.94. The number of benzene rings is 8. The van der Waals surface area contributed by atoms with Crippen LogP contribution in [-0.4, -0.2) is 19.5 Å². The molecule has 0 fully saturated rings. The average Bonchev–Trinajstić information content (AvgIpc) is 3.74. The highest BCUT2D eigenvalue weighted by Crippen LogP contribution is 2.45. The molecule has 0 radical (unpaired) electrons. The summed E-state index contributed by atoms with van der Waals surface area (Å²) in [6.45, 7) is 0. The molecule has 0 aliphatic heterocycles. The summed E-state index contributed by atoms with van der Waals surface area (Å²) < 4.78 is 9.06. The predicted molar refractivity (Wildman–Crippen MR) is 205 cm³/mol. The van der Waals surface area contributed by atoms with Gasteiger partial charge in [-0.2, -0.15) is 9.97 Å². The molecule has 0 amide bonds. The fourth-order valence-electron chi connectivity index (χ4n) is 7.81.